The van der Waals surface area contributed by atoms with E-state index in [0.29, 0.717) is 13.1 Å². The molecular formula is C11H21NO2. The molecule has 3 heteroatoms. The maximum absolute atomic E-state index is 11.9. The molecule has 14 heavy (non-hydrogen) atoms. The van der Waals surface area contributed by atoms with E-state index >= 15 is 0 Å². The number of hydrogen-bond donors (Lipinski definition) is 1. The largest absolute Gasteiger partial charge is 0.386 e. The molecule has 0 aromatic heterocycles. The molecule has 1 aliphatic rings. The average molecular weight is 199 g/mol. The van der Waals surface area contributed by atoms with Crippen LogP contribution in [0.5, 0.6) is 0 Å². The van der Waals surface area contributed by atoms with Gasteiger partial charge in [-0.1, -0.05) is 27.7 Å². The first-order valence-corrected chi connectivity index (χ1v) is 5.36. The highest BCUT2D eigenvalue weighted by molar-refractivity contribution is 5.82. The molecule has 1 rings (SSSR count). The van der Waals surface area contributed by atoms with Gasteiger partial charge in [0.2, 0.25) is 5.91 Å². The predicted octanol–water partition coefficient (Wildman–Crippen LogP) is 1.41. The molecule has 1 amide bonds. The van der Waals surface area contributed by atoms with E-state index in [1.54, 1.807) is 4.90 Å². The number of β-amino-alcohol motifs (C(OH)–C–C–N with tert-alkyl or cyclic N) is 1. The predicted molar refractivity (Wildman–Crippen MR) is 55.9 cm³/mol. The van der Waals surface area contributed by atoms with Gasteiger partial charge in [0.15, 0.2) is 0 Å². The lowest BCUT2D eigenvalue weighted by molar-refractivity contribution is -0.164. The Morgan fingerprint density at radius 1 is 1.43 bits per heavy atom. The number of rotatable bonds is 3. The second-order valence-corrected chi connectivity index (χ2v) is 4.98. The summed E-state index contributed by atoms with van der Waals surface area (Å²) >= 11 is 0. The van der Waals surface area contributed by atoms with Gasteiger partial charge in [-0.2, -0.15) is 0 Å². The number of likely N-dealkylation sites (tertiary alicyclic amines) is 1. The molecule has 1 heterocycles. The third-order valence-electron chi connectivity index (χ3n) is 3.38. The van der Waals surface area contributed by atoms with Crippen molar-refractivity contribution in [1.29, 1.82) is 0 Å². The quantitative estimate of drug-likeness (QED) is 0.746. The third-order valence-corrected chi connectivity index (χ3v) is 3.38. The van der Waals surface area contributed by atoms with Crippen molar-refractivity contribution in [2.75, 3.05) is 13.1 Å². The van der Waals surface area contributed by atoms with Crippen LogP contribution >= 0.6 is 0 Å². The van der Waals surface area contributed by atoms with Crippen molar-refractivity contribution in [3.8, 4) is 0 Å². The number of carbonyl (C=O) groups is 1. The fourth-order valence-electron chi connectivity index (χ4n) is 1.61. The van der Waals surface area contributed by atoms with E-state index in [1.165, 1.54) is 0 Å². The number of aliphatic hydroxyl groups is 1. The Balaban J connectivity index is 2.52. The highest BCUT2D eigenvalue weighted by Crippen LogP contribution is 2.30. The zero-order valence-electron chi connectivity index (χ0n) is 9.63. The zero-order valence-corrected chi connectivity index (χ0v) is 9.63. The molecule has 1 fully saturated rings. The SMILES string of the molecule is CCC1(O)CN(C(=O)C(C)(C)CC)C1. The molecule has 0 aliphatic carbocycles. The van der Waals surface area contributed by atoms with E-state index in [0.717, 1.165) is 12.8 Å². The Morgan fingerprint density at radius 2 is 1.93 bits per heavy atom. The molecule has 0 bridgehead atoms. The van der Waals surface area contributed by atoms with E-state index in [-0.39, 0.29) is 11.3 Å². The van der Waals surface area contributed by atoms with Crippen LogP contribution in [0.4, 0.5) is 0 Å². The minimum atomic E-state index is -0.612. The van der Waals surface area contributed by atoms with Crippen molar-refractivity contribution in [1.82, 2.24) is 4.90 Å². The molecule has 0 saturated carbocycles. The Hall–Kier alpha value is -0.570. The number of hydrogen-bond acceptors (Lipinski definition) is 2. The summed E-state index contributed by atoms with van der Waals surface area (Å²) in [6.45, 7) is 8.89. The smallest absolute Gasteiger partial charge is 0.228 e. The molecule has 1 saturated heterocycles. The summed E-state index contributed by atoms with van der Waals surface area (Å²) in [5.41, 5.74) is -0.894. The molecule has 0 aromatic rings. The molecule has 0 aromatic carbocycles. The van der Waals surface area contributed by atoms with Crippen LogP contribution in [0.25, 0.3) is 0 Å². The van der Waals surface area contributed by atoms with Crippen LogP contribution < -0.4 is 0 Å². The molecule has 1 N–H and O–H groups in total. The van der Waals surface area contributed by atoms with E-state index < -0.39 is 5.60 Å². The Bertz CT molecular complexity index is 229. The Morgan fingerprint density at radius 3 is 2.29 bits per heavy atom. The minimum Gasteiger partial charge on any atom is -0.386 e. The normalized spacial score (nSPS) is 20.5. The average Bonchev–Trinajstić information content (AvgIpc) is 2.11. The van der Waals surface area contributed by atoms with Crippen molar-refractivity contribution in [2.45, 2.75) is 46.1 Å². The highest BCUT2D eigenvalue weighted by Gasteiger charge is 2.45. The molecule has 3 nitrogen and oxygen atoms in total. The van der Waals surface area contributed by atoms with Gasteiger partial charge >= 0.3 is 0 Å². The monoisotopic (exact) mass is 199 g/mol. The maximum Gasteiger partial charge on any atom is 0.228 e. The first-order valence-electron chi connectivity index (χ1n) is 5.36. The number of nitrogens with zero attached hydrogens (tertiary/aromatic N) is 1. The number of carbonyl (C=O) groups excluding carboxylic acids is 1. The molecule has 0 unspecified atom stereocenters. The van der Waals surface area contributed by atoms with Crippen molar-refractivity contribution >= 4 is 5.91 Å². The lowest BCUT2D eigenvalue weighted by atomic mass is 9.84. The van der Waals surface area contributed by atoms with Crippen molar-refractivity contribution in [3.63, 3.8) is 0 Å². The fraction of sp³-hybridized carbons (Fsp3) is 0.909. The standard InChI is InChI=1S/C11H21NO2/c1-5-10(3,4)9(13)12-7-11(14,6-2)8-12/h14H,5-8H2,1-4H3. The van der Waals surface area contributed by atoms with Crippen LogP contribution in [0.1, 0.15) is 40.5 Å². The van der Waals surface area contributed by atoms with Crippen LogP contribution in [0.15, 0.2) is 0 Å². The van der Waals surface area contributed by atoms with Gasteiger partial charge in [0, 0.05) is 5.41 Å². The summed E-state index contributed by atoms with van der Waals surface area (Å²) in [6.07, 6.45) is 1.57. The molecule has 0 spiro atoms. The molecule has 1 aliphatic heterocycles. The number of amides is 1. The van der Waals surface area contributed by atoms with Crippen molar-refractivity contribution in [2.24, 2.45) is 5.41 Å². The van der Waals surface area contributed by atoms with Crippen molar-refractivity contribution < 1.29 is 9.90 Å². The lowest BCUT2D eigenvalue weighted by Crippen LogP contribution is -2.65. The van der Waals surface area contributed by atoms with Crippen LogP contribution in [0.2, 0.25) is 0 Å². The van der Waals surface area contributed by atoms with E-state index in [1.807, 2.05) is 27.7 Å². The van der Waals surface area contributed by atoms with Crippen LogP contribution in [-0.4, -0.2) is 34.6 Å². The molecule has 0 radical (unpaired) electrons. The van der Waals surface area contributed by atoms with Crippen LogP contribution in [-0.2, 0) is 4.79 Å². The highest BCUT2D eigenvalue weighted by atomic mass is 16.3. The lowest BCUT2D eigenvalue weighted by Gasteiger charge is -2.48. The Kier molecular flexibility index (Phi) is 2.91. The second-order valence-electron chi connectivity index (χ2n) is 4.98. The van der Waals surface area contributed by atoms with Gasteiger partial charge in [0.1, 0.15) is 0 Å². The maximum atomic E-state index is 11.9. The topological polar surface area (TPSA) is 40.5 Å². The first kappa shape index (κ1) is 11.5. The van der Waals surface area contributed by atoms with E-state index in [2.05, 4.69) is 0 Å². The summed E-state index contributed by atoms with van der Waals surface area (Å²) in [6, 6.07) is 0. The van der Waals surface area contributed by atoms with Crippen LogP contribution in [0.3, 0.4) is 0 Å². The van der Waals surface area contributed by atoms with Gasteiger partial charge < -0.3 is 10.0 Å². The van der Waals surface area contributed by atoms with Crippen LogP contribution in [0, 0.1) is 5.41 Å². The third kappa shape index (κ3) is 1.92. The summed E-state index contributed by atoms with van der Waals surface area (Å²) in [4.78, 5) is 13.7. The Labute approximate surface area is 86.1 Å². The van der Waals surface area contributed by atoms with Gasteiger partial charge in [-0.3, -0.25) is 4.79 Å². The fourth-order valence-corrected chi connectivity index (χ4v) is 1.61. The molecule has 0 atom stereocenters. The zero-order chi connectivity index (χ0) is 11.0. The van der Waals surface area contributed by atoms with Gasteiger partial charge in [-0.05, 0) is 12.8 Å². The van der Waals surface area contributed by atoms with Gasteiger partial charge in [0.25, 0.3) is 0 Å². The summed E-state index contributed by atoms with van der Waals surface area (Å²) in [5, 5.41) is 9.78. The van der Waals surface area contributed by atoms with Gasteiger partial charge in [-0.25, -0.2) is 0 Å². The summed E-state index contributed by atoms with van der Waals surface area (Å²) in [7, 11) is 0. The summed E-state index contributed by atoms with van der Waals surface area (Å²) in [5.74, 6) is 0.165. The van der Waals surface area contributed by atoms with Gasteiger partial charge in [-0.15, -0.1) is 0 Å². The molecule has 82 valence electrons. The first-order chi connectivity index (χ1) is 6.34. The summed E-state index contributed by atoms with van der Waals surface area (Å²) < 4.78 is 0. The second kappa shape index (κ2) is 3.54. The van der Waals surface area contributed by atoms with E-state index in [4.69, 9.17) is 0 Å². The van der Waals surface area contributed by atoms with Crippen molar-refractivity contribution in [3.05, 3.63) is 0 Å². The molecular weight excluding hydrogens is 178 g/mol. The van der Waals surface area contributed by atoms with E-state index in [9.17, 15) is 9.90 Å². The van der Waals surface area contributed by atoms with Gasteiger partial charge in [0.05, 0.1) is 18.7 Å². The minimum absolute atomic E-state index is 0.165.